The molecule has 0 saturated heterocycles. The lowest BCUT2D eigenvalue weighted by molar-refractivity contribution is 0.630. The van der Waals surface area contributed by atoms with Gasteiger partial charge in [-0.2, -0.15) is 0 Å². The van der Waals surface area contributed by atoms with Crippen molar-refractivity contribution in [3.63, 3.8) is 0 Å². The van der Waals surface area contributed by atoms with Crippen molar-refractivity contribution in [1.82, 2.24) is 4.98 Å². The molecule has 0 radical (unpaired) electrons. The molecule has 0 aliphatic carbocycles. The first-order chi connectivity index (χ1) is 7.77. The summed E-state index contributed by atoms with van der Waals surface area (Å²) in [6.07, 6.45) is 1.66. The van der Waals surface area contributed by atoms with Gasteiger partial charge in [-0.15, -0.1) is 0 Å². The van der Waals surface area contributed by atoms with E-state index in [1.54, 1.807) is 36.5 Å². The van der Waals surface area contributed by atoms with Crippen molar-refractivity contribution in [1.29, 1.82) is 0 Å². The van der Waals surface area contributed by atoms with Crippen LogP contribution in [0, 0.1) is 5.82 Å². The second kappa shape index (κ2) is 4.61. The van der Waals surface area contributed by atoms with Crippen molar-refractivity contribution in [2.45, 2.75) is 6.54 Å². The lowest BCUT2D eigenvalue weighted by Gasteiger charge is -2.08. The largest absolute Gasteiger partial charge is 0.397 e. The molecule has 4 heteroatoms. The van der Waals surface area contributed by atoms with Crippen molar-refractivity contribution in [3.05, 3.63) is 54.1 Å². The Morgan fingerprint density at radius 1 is 1.19 bits per heavy atom. The molecule has 0 unspecified atom stereocenters. The Hall–Kier alpha value is -2.10. The third kappa shape index (κ3) is 2.28. The molecular formula is C12H12FN3. The molecular weight excluding hydrogens is 205 g/mol. The van der Waals surface area contributed by atoms with Crippen LogP contribution in [0.4, 0.5) is 15.8 Å². The Labute approximate surface area is 93.1 Å². The van der Waals surface area contributed by atoms with Crippen molar-refractivity contribution >= 4 is 11.4 Å². The number of aromatic nitrogens is 1. The second-order valence-electron chi connectivity index (χ2n) is 3.37. The number of pyridine rings is 1. The van der Waals surface area contributed by atoms with Crippen LogP contribution in [0.25, 0.3) is 0 Å². The van der Waals surface area contributed by atoms with Crippen LogP contribution < -0.4 is 11.1 Å². The van der Waals surface area contributed by atoms with Crippen LogP contribution in [0.2, 0.25) is 0 Å². The van der Waals surface area contributed by atoms with E-state index in [4.69, 9.17) is 5.73 Å². The van der Waals surface area contributed by atoms with E-state index < -0.39 is 0 Å². The summed E-state index contributed by atoms with van der Waals surface area (Å²) >= 11 is 0. The fourth-order valence-corrected chi connectivity index (χ4v) is 1.38. The second-order valence-corrected chi connectivity index (χ2v) is 3.37. The number of nitrogens with one attached hydrogen (secondary N) is 1. The van der Waals surface area contributed by atoms with E-state index in [9.17, 15) is 4.39 Å². The van der Waals surface area contributed by atoms with E-state index in [1.165, 1.54) is 6.07 Å². The van der Waals surface area contributed by atoms with E-state index >= 15 is 0 Å². The Kier molecular flexibility index (Phi) is 3.00. The Balaban J connectivity index is 2.09. The van der Waals surface area contributed by atoms with Crippen LogP contribution in [-0.4, -0.2) is 4.98 Å². The molecule has 1 aromatic heterocycles. The number of benzene rings is 1. The first-order valence-corrected chi connectivity index (χ1v) is 4.95. The summed E-state index contributed by atoms with van der Waals surface area (Å²) in [6, 6.07) is 10.0. The van der Waals surface area contributed by atoms with Gasteiger partial charge in [-0.1, -0.05) is 12.1 Å². The SMILES string of the molecule is Nc1cccnc1CNc1ccccc1F. The average molecular weight is 217 g/mol. The van der Waals surface area contributed by atoms with Crippen LogP contribution in [0.5, 0.6) is 0 Å². The van der Waals surface area contributed by atoms with Crippen molar-refractivity contribution in [2.24, 2.45) is 0 Å². The Bertz CT molecular complexity index is 440. The Morgan fingerprint density at radius 2 is 2.00 bits per heavy atom. The molecule has 0 aliphatic heterocycles. The fourth-order valence-electron chi connectivity index (χ4n) is 1.38. The summed E-state index contributed by atoms with van der Waals surface area (Å²) in [5.74, 6) is -0.281. The van der Waals surface area contributed by atoms with E-state index in [0.29, 0.717) is 23.6 Å². The molecule has 2 rings (SSSR count). The first kappa shape index (κ1) is 10.4. The molecule has 3 nitrogen and oxygen atoms in total. The molecule has 0 fully saturated rings. The predicted octanol–water partition coefficient (Wildman–Crippen LogP) is 2.42. The molecule has 1 heterocycles. The minimum Gasteiger partial charge on any atom is -0.397 e. The number of nitrogen functional groups attached to an aromatic ring is 1. The number of anilines is 2. The van der Waals surface area contributed by atoms with Gasteiger partial charge in [0.25, 0.3) is 0 Å². The standard InChI is InChI=1S/C12H12FN3/c13-9-4-1-2-6-11(9)16-8-12-10(14)5-3-7-15-12/h1-7,16H,8,14H2. The zero-order chi connectivity index (χ0) is 11.4. The third-order valence-corrected chi connectivity index (χ3v) is 2.25. The van der Waals surface area contributed by atoms with Crippen LogP contribution in [0.3, 0.4) is 0 Å². The lowest BCUT2D eigenvalue weighted by atomic mass is 10.2. The maximum absolute atomic E-state index is 13.3. The molecule has 3 N–H and O–H groups in total. The lowest BCUT2D eigenvalue weighted by Crippen LogP contribution is -2.05. The predicted molar refractivity (Wildman–Crippen MR) is 62.4 cm³/mol. The van der Waals surface area contributed by atoms with Gasteiger partial charge in [0.2, 0.25) is 0 Å². The van der Waals surface area contributed by atoms with Gasteiger partial charge >= 0.3 is 0 Å². The number of rotatable bonds is 3. The van der Waals surface area contributed by atoms with Gasteiger partial charge in [-0.25, -0.2) is 4.39 Å². The molecule has 0 atom stereocenters. The summed E-state index contributed by atoms with van der Waals surface area (Å²) < 4.78 is 13.3. The van der Waals surface area contributed by atoms with Crippen LogP contribution in [-0.2, 0) is 6.54 Å². The van der Waals surface area contributed by atoms with Crippen LogP contribution >= 0.6 is 0 Å². The average Bonchev–Trinajstić information content (AvgIpc) is 2.30. The molecule has 0 spiro atoms. The molecule has 0 bridgehead atoms. The minimum atomic E-state index is -0.281. The molecule has 16 heavy (non-hydrogen) atoms. The zero-order valence-corrected chi connectivity index (χ0v) is 8.65. The topological polar surface area (TPSA) is 50.9 Å². The minimum absolute atomic E-state index is 0.281. The summed E-state index contributed by atoms with van der Waals surface area (Å²) in [4.78, 5) is 4.11. The van der Waals surface area contributed by atoms with Crippen molar-refractivity contribution in [3.8, 4) is 0 Å². The highest BCUT2D eigenvalue weighted by Crippen LogP contribution is 2.15. The van der Waals surface area contributed by atoms with E-state index in [0.717, 1.165) is 0 Å². The highest BCUT2D eigenvalue weighted by Gasteiger charge is 2.02. The van der Waals surface area contributed by atoms with Gasteiger partial charge in [0.15, 0.2) is 0 Å². The monoisotopic (exact) mass is 217 g/mol. The smallest absolute Gasteiger partial charge is 0.146 e. The van der Waals surface area contributed by atoms with Gasteiger partial charge in [0.1, 0.15) is 5.82 Å². The third-order valence-electron chi connectivity index (χ3n) is 2.25. The van der Waals surface area contributed by atoms with E-state index in [1.807, 2.05) is 0 Å². The summed E-state index contributed by atoms with van der Waals surface area (Å²) in [5, 5.41) is 2.95. The summed E-state index contributed by atoms with van der Waals surface area (Å²) in [6.45, 7) is 0.410. The maximum atomic E-state index is 13.3. The summed E-state index contributed by atoms with van der Waals surface area (Å²) in [7, 11) is 0. The maximum Gasteiger partial charge on any atom is 0.146 e. The van der Waals surface area contributed by atoms with Gasteiger partial charge in [-0.3, -0.25) is 4.98 Å². The van der Waals surface area contributed by atoms with E-state index in [-0.39, 0.29) is 5.82 Å². The molecule has 0 amide bonds. The van der Waals surface area contributed by atoms with Gasteiger partial charge in [-0.05, 0) is 24.3 Å². The van der Waals surface area contributed by atoms with Crippen molar-refractivity contribution < 1.29 is 4.39 Å². The molecule has 0 aliphatic rings. The highest BCUT2D eigenvalue weighted by molar-refractivity contribution is 5.48. The van der Waals surface area contributed by atoms with Gasteiger partial charge in [0.05, 0.1) is 23.6 Å². The number of nitrogens with two attached hydrogens (primary N) is 1. The fraction of sp³-hybridized carbons (Fsp3) is 0.0833. The van der Waals surface area contributed by atoms with Crippen LogP contribution in [0.15, 0.2) is 42.6 Å². The Morgan fingerprint density at radius 3 is 2.75 bits per heavy atom. The molecule has 2 aromatic rings. The molecule has 1 aromatic carbocycles. The number of hydrogen-bond acceptors (Lipinski definition) is 3. The molecule has 0 saturated carbocycles. The zero-order valence-electron chi connectivity index (χ0n) is 8.65. The summed E-state index contributed by atoms with van der Waals surface area (Å²) in [5.41, 5.74) is 7.49. The van der Waals surface area contributed by atoms with Gasteiger partial charge < -0.3 is 11.1 Å². The van der Waals surface area contributed by atoms with Crippen molar-refractivity contribution in [2.75, 3.05) is 11.1 Å². The van der Waals surface area contributed by atoms with Gasteiger partial charge in [0, 0.05) is 6.20 Å². The van der Waals surface area contributed by atoms with Crippen LogP contribution in [0.1, 0.15) is 5.69 Å². The number of para-hydroxylation sites is 1. The number of nitrogens with zero attached hydrogens (tertiary/aromatic N) is 1. The first-order valence-electron chi connectivity index (χ1n) is 4.95. The number of hydrogen-bond donors (Lipinski definition) is 2. The highest BCUT2D eigenvalue weighted by atomic mass is 19.1. The quantitative estimate of drug-likeness (QED) is 0.830. The molecule has 82 valence electrons. The normalized spacial score (nSPS) is 10.1. The number of halogens is 1. The van der Waals surface area contributed by atoms with E-state index in [2.05, 4.69) is 10.3 Å².